The number of methoxy groups -OCH3 is 1. The van der Waals surface area contributed by atoms with Gasteiger partial charge in [0.15, 0.2) is 0 Å². The third kappa shape index (κ3) is 3.43. The molecule has 1 heterocycles. The van der Waals surface area contributed by atoms with Gasteiger partial charge in [0.2, 0.25) is 5.88 Å². The Labute approximate surface area is 115 Å². The van der Waals surface area contributed by atoms with E-state index in [4.69, 9.17) is 16.3 Å². The monoisotopic (exact) mass is 281 g/mol. The fraction of sp³-hybridized carbons (Fsp3) is 0.214. The lowest BCUT2D eigenvalue weighted by Gasteiger charge is -2.12. The summed E-state index contributed by atoms with van der Waals surface area (Å²) in [4.78, 5) is 4.03. The number of aromatic nitrogens is 1. The molecule has 0 spiro atoms. The Balaban J connectivity index is 2.13. The standard InChI is InChI=1S/C14H13ClFNO2/c1-19-14-5-2-9(8-17-14)6-13(18)11-4-3-10(15)7-12(11)16/h2-5,7-8,13,18H,6H2,1H3. The number of hydrogen-bond donors (Lipinski definition) is 1. The first-order valence-electron chi connectivity index (χ1n) is 5.72. The Hall–Kier alpha value is -1.65. The first-order chi connectivity index (χ1) is 9.10. The molecule has 100 valence electrons. The summed E-state index contributed by atoms with van der Waals surface area (Å²) >= 11 is 5.67. The van der Waals surface area contributed by atoms with Gasteiger partial charge >= 0.3 is 0 Å². The van der Waals surface area contributed by atoms with Crippen LogP contribution in [0.15, 0.2) is 36.5 Å². The maximum atomic E-state index is 13.6. The highest BCUT2D eigenvalue weighted by Crippen LogP contribution is 2.23. The maximum Gasteiger partial charge on any atom is 0.212 e. The average molecular weight is 282 g/mol. The minimum atomic E-state index is -0.938. The zero-order valence-corrected chi connectivity index (χ0v) is 11.1. The third-order valence-corrected chi connectivity index (χ3v) is 2.99. The van der Waals surface area contributed by atoms with Gasteiger partial charge in [-0.05, 0) is 17.7 Å². The van der Waals surface area contributed by atoms with Crippen LogP contribution in [0.4, 0.5) is 4.39 Å². The second kappa shape index (κ2) is 5.99. The molecule has 0 aliphatic rings. The molecule has 1 aromatic heterocycles. The van der Waals surface area contributed by atoms with E-state index >= 15 is 0 Å². The number of benzene rings is 1. The molecular weight excluding hydrogens is 269 g/mol. The summed E-state index contributed by atoms with van der Waals surface area (Å²) in [6.45, 7) is 0. The molecule has 1 N–H and O–H groups in total. The molecule has 0 aliphatic heterocycles. The van der Waals surface area contributed by atoms with Gasteiger partial charge in [-0.1, -0.05) is 23.7 Å². The molecular formula is C14H13ClFNO2. The van der Waals surface area contributed by atoms with Crippen molar-refractivity contribution in [1.29, 1.82) is 0 Å². The van der Waals surface area contributed by atoms with Crippen molar-refractivity contribution in [2.75, 3.05) is 7.11 Å². The van der Waals surface area contributed by atoms with Crippen molar-refractivity contribution in [2.24, 2.45) is 0 Å². The number of aliphatic hydroxyl groups excluding tert-OH is 1. The zero-order valence-electron chi connectivity index (χ0n) is 10.3. The van der Waals surface area contributed by atoms with Crippen molar-refractivity contribution in [3.8, 4) is 5.88 Å². The minimum Gasteiger partial charge on any atom is -0.481 e. The van der Waals surface area contributed by atoms with E-state index in [2.05, 4.69) is 4.98 Å². The lowest BCUT2D eigenvalue weighted by Crippen LogP contribution is -2.04. The van der Waals surface area contributed by atoms with Gasteiger partial charge < -0.3 is 9.84 Å². The fourth-order valence-corrected chi connectivity index (χ4v) is 1.92. The topological polar surface area (TPSA) is 42.4 Å². The molecule has 1 atom stereocenters. The van der Waals surface area contributed by atoms with Crippen LogP contribution >= 0.6 is 11.6 Å². The van der Waals surface area contributed by atoms with Crippen molar-refractivity contribution in [2.45, 2.75) is 12.5 Å². The summed E-state index contributed by atoms with van der Waals surface area (Å²) in [6, 6.07) is 7.70. The minimum absolute atomic E-state index is 0.222. The van der Waals surface area contributed by atoms with Gasteiger partial charge in [-0.3, -0.25) is 0 Å². The van der Waals surface area contributed by atoms with Gasteiger partial charge in [0.05, 0.1) is 13.2 Å². The highest BCUT2D eigenvalue weighted by atomic mass is 35.5. The van der Waals surface area contributed by atoms with Crippen LogP contribution in [0, 0.1) is 5.82 Å². The summed E-state index contributed by atoms with van der Waals surface area (Å²) in [5.41, 5.74) is 1.02. The van der Waals surface area contributed by atoms with Gasteiger partial charge in [0.1, 0.15) is 5.82 Å². The SMILES string of the molecule is COc1ccc(CC(O)c2ccc(Cl)cc2F)cn1. The molecule has 0 fully saturated rings. The third-order valence-electron chi connectivity index (χ3n) is 2.76. The van der Waals surface area contributed by atoms with Crippen LogP contribution in [0.25, 0.3) is 0 Å². The molecule has 0 saturated carbocycles. The second-order valence-electron chi connectivity index (χ2n) is 4.09. The lowest BCUT2D eigenvalue weighted by atomic mass is 10.0. The Morgan fingerprint density at radius 2 is 2.16 bits per heavy atom. The van der Waals surface area contributed by atoms with E-state index in [0.717, 1.165) is 5.56 Å². The highest BCUT2D eigenvalue weighted by Gasteiger charge is 2.14. The molecule has 0 bridgehead atoms. The van der Waals surface area contributed by atoms with Crippen LogP contribution in [0.3, 0.4) is 0 Å². The van der Waals surface area contributed by atoms with Gasteiger partial charge in [0, 0.05) is 29.3 Å². The molecule has 3 nitrogen and oxygen atoms in total. The zero-order chi connectivity index (χ0) is 13.8. The van der Waals surface area contributed by atoms with E-state index < -0.39 is 11.9 Å². The number of nitrogens with zero attached hydrogens (tertiary/aromatic N) is 1. The molecule has 1 aromatic carbocycles. The average Bonchev–Trinajstić information content (AvgIpc) is 2.39. The summed E-state index contributed by atoms with van der Waals surface area (Å²) in [7, 11) is 1.53. The summed E-state index contributed by atoms with van der Waals surface area (Å²) in [5.74, 6) is -0.0163. The highest BCUT2D eigenvalue weighted by molar-refractivity contribution is 6.30. The van der Waals surface area contributed by atoms with Gasteiger partial charge in [0.25, 0.3) is 0 Å². The predicted molar refractivity (Wildman–Crippen MR) is 70.9 cm³/mol. The largest absolute Gasteiger partial charge is 0.481 e. The van der Waals surface area contributed by atoms with Crippen molar-refractivity contribution < 1.29 is 14.2 Å². The molecule has 19 heavy (non-hydrogen) atoms. The smallest absolute Gasteiger partial charge is 0.212 e. The van der Waals surface area contributed by atoms with E-state index in [9.17, 15) is 9.50 Å². The number of hydrogen-bond acceptors (Lipinski definition) is 3. The Morgan fingerprint density at radius 3 is 2.74 bits per heavy atom. The summed E-state index contributed by atoms with van der Waals surface area (Å²) < 4.78 is 18.6. The van der Waals surface area contributed by atoms with E-state index in [1.807, 2.05) is 0 Å². The predicted octanol–water partition coefficient (Wildman–Crippen LogP) is 3.16. The molecule has 2 aromatic rings. The summed E-state index contributed by atoms with van der Waals surface area (Å²) in [6.07, 6.45) is 0.929. The quantitative estimate of drug-likeness (QED) is 0.936. The Morgan fingerprint density at radius 1 is 1.37 bits per heavy atom. The van der Waals surface area contributed by atoms with Gasteiger partial charge in [-0.2, -0.15) is 0 Å². The molecule has 0 radical (unpaired) electrons. The van der Waals surface area contributed by atoms with Crippen LogP contribution in [0.5, 0.6) is 5.88 Å². The van der Waals surface area contributed by atoms with Crippen molar-refractivity contribution in [3.63, 3.8) is 0 Å². The number of aliphatic hydroxyl groups is 1. The number of rotatable bonds is 4. The molecule has 0 saturated heterocycles. The van der Waals surface area contributed by atoms with E-state index in [1.165, 1.54) is 19.2 Å². The van der Waals surface area contributed by atoms with Crippen LogP contribution in [0.1, 0.15) is 17.2 Å². The summed E-state index contributed by atoms with van der Waals surface area (Å²) in [5, 5.41) is 10.3. The van der Waals surface area contributed by atoms with Crippen molar-refractivity contribution >= 4 is 11.6 Å². The van der Waals surface area contributed by atoms with Crippen LogP contribution in [0.2, 0.25) is 5.02 Å². The first kappa shape index (κ1) is 13.8. The lowest BCUT2D eigenvalue weighted by molar-refractivity contribution is 0.173. The van der Waals surface area contributed by atoms with Crippen LogP contribution < -0.4 is 4.74 Å². The second-order valence-corrected chi connectivity index (χ2v) is 4.53. The fourth-order valence-electron chi connectivity index (χ4n) is 1.76. The first-order valence-corrected chi connectivity index (χ1v) is 6.10. The molecule has 0 amide bonds. The van der Waals surface area contributed by atoms with Gasteiger partial charge in [-0.15, -0.1) is 0 Å². The Kier molecular flexibility index (Phi) is 4.35. The molecule has 2 rings (SSSR count). The van der Waals surface area contributed by atoms with Gasteiger partial charge in [-0.25, -0.2) is 9.37 Å². The molecule has 0 aliphatic carbocycles. The normalized spacial score (nSPS) is 12.2. The molecule has 1 unspecified atom stereocenters. The van der Waals surface area contributed by atoms with Crippen LogP contribution in [-0.2, 0) is 6.42 Å². The molecule has 5 heteroatoms. The van der Waals surface area contributed by atoms with E-state index in [1.54, 1.807) is 24.4 Å². The van der Waals surface area contributed by atoms with Crippen LogP contribution in [-0.4, -0.2) is 17.2 Å². The van der Waals surface area contributed by atoms with E-state index in [0.29, 0.717) is 10.9 Å². The number of ether oxygens (including phenoxy) is 1. The Bertz CT molecular complexity index is 560. The maximum absolute atomic E-state index is 13.6. The number of halogens is 2. The van der Waals surface area contributed by atoms with E-state index in [-0.39, 0.29) is 12.0 Å². The van der Waals surface area contributed by atoms with Crippen molar-refractivity contribution in [1.82, 2.24) is 4.98 Å². The number of pyridine rings is 1. The van der Waals surface area contributed by atoms with Crippen molar-refractivity contribution in [3.05, 3.63) is 58.5 Å².